The van der Waals surface area contributed by atoms with Gasteiger partial charge >= 0.3 is 0 Å². The van der Waals surface area contributed by atoms with Crippen molar-refractivity contribution in [2.24, 2.45) is 11.3 Å². The molecule has 0 spiro atoms. The molecule has 0 aliphatic heterocycles. The molecule has 1 unspecified atom stereocenters. The first kappa shape index (κ1) is 25.3. The van der Waals surface area contributed by atoms with Gasteiger partial charge in [0.15, 0.2) is 0 Å². The molecule has 0 aromatic heterocycles. The summed E-state index contributed by atoms with van der Waals surface area (Å²) in [5, 5.41) is 47.2. The Balaban J connectivity index is 2.43. The van der Waals surface area contributed by atoms with Gasteiger partial charge in [0, 0.05) is 0 Å². The van der Waals surface area contributed by atoms with Crippen LogP contribution >= 0.6 is 0 Å². The van der Waals surface area contributed by atoms with Crippen LogP contribution in [0.5, 0.6) is 0 Å². The van der Waals surface area contributed by atoms with E-state index in [2.05, 4.69) is 34.6 Å². The minimum absolute atomic E-state index is 0.172. The fourth-order valence-corrected chi connectivity index (χ4v) is 3.80. The average molecular weight is 401 g/mol. The van der Waals surface area contributed by atoms with Crippen molar-refractivity contribution in [3.05, 3.63) is 22.8 Å². The van der Waals surface area contributed by atoms with Gasteiger partial charge in [-0.15, -0.1) is 0 Å². The van der Waals surface area contributed by atoms with Gasteiger partial charge in [-0.25, -0.2) is 0 Å². The molecular weight excluding hydrogens is 360 g/mol. The number of rotatable bonds is 11. The molecule has 1 rings (SSSR count). The Labute approximate surface area is 169 Å². The third kappa shape index (κ3) is 6.94. The van der Waals surface area contributed by atoms with Crippen molar-refractivity contribution in [2.45, 2.75) is 84.7 Å². The van der Waals surface area contributed by atoms with Crippen molar-refractivity contribution < 1.29 is 30.3 Å². The first-order valence-corrected chi connectivity index (χ1v) is 10.3. The zero-order valence-corrected chi connectivity index (χ0v) is 18.1. The molecule has 0 aromatic rings. The van der Waals surface area contributed by atoms with Crippen LogP contribution in [0.3, 0.4) is 0 Å². The van der Waals surface area contributed by atoms with E-state index in [9.17, 15) is 20.4 Å². The summed E-state index contributed by atoms with van der Waals surface area (Å²) < 4.78 is 5.37. The van der Waals surface area contributed by atoms with Gasteiger partial charge in [-0.05, 0) is 50.9 Å². The largest absolute Gasteiger partial charge is 0.394 e. The Bertz CT molecular complexity index is 539. The summed E-state index contributed by atoms with van der Waals surface area (Å²) in [6, 6.07) is 0. The van der Waals surface area contributed by atoms with E-state index in [0.717, 1.165) is 12.8 Å². The maximum atomic E-state index is 9.83. The Morgan fingerprint density at radius 1 is 1.18 bits per heavy atom. The summed E-state index contributed by atoms with van der Waals surface area (Å²) >= 11 is 0. The third-order valence-electron chi connectivity index (χ3n) is 6.41. The highest BCUT2D eigenvalue weighted by Gasteiger charge is 2.34. The van der Waals surface area contributed by atoms with Gasteiger partial charge in [-0.3, -0.25) is 0 Å². The molecular formula is C22H40O6. The van der Waals surface area contributed by atoms with Crippen LogP contribution in [0.4, 0.5) is 0 Å². The second kappa shape index (κ2) is 11.4. The highest BCUT2D eigenvalue weighted by atomic mass is 16.5. The lowest BCUT2D eigenvalue weighted by molar-refractivity contribution is -0.127. The van der Waals surface area contributed by atoms with Crippen LogP contribution in [0.15, 0.2) is 22.8 Å². The van der Waals surface area contributed by atoms with Crippen LogP contribution in [-0.2, 0) is 4.74 Å². The predicted molar refractivity (Wildman–Crippen MR) is 110 cm³/mol. The van der Waals surface area contributed by atoms with Crippen LogP contribution in [0, 0.1) is 11.3 Å². The summed E-state index contributed by atoms with van der Waals surface area (Å²) in [4.78, 5) is 0. The van der Waals surface area contributed by atoms with Crippen LogP contribution in [0.25, 0.3) is 0 Å². The third-order valence-corrected chi connectivity index (χ3v) is 6.41. The Morgan fingerprint density at radius 3 is 2.39 bits per heavy atom. The molecule has 6 nitrogen and oxygen atoms in total. The highest BCUT2D eigenvalue weighted by molar-refractivity contribution is 5.24. The SMILES string of the molecule is CC1=C(CC/C(C)=C\COC[C@@H](O)[C@@H](O)[C@H](O)[C@H](O)CO)C(C)(C)C(C)CC1. The van der Waals surface area contributed by atoms with Gasteiger partial charge in [-0.1, -0.05) is 43.6 Å². The number of allylic oxidation sites excluding steroid dienone is 3. The lowest BCUT2D eigenvalue weighted by atomic mass is 9.65. The number of ether oxygens (including phenoxy) is 1. The van der Waals surface area contributed by atoms with Crippen molar-refractivity contribution in [2.75, 3.05) is 19.8 Å². The summed E-state index contributed by atoms with van der Waals surface area (Å²) in [5.74, 6) is 0.687. The molecule has 164 valence electrons. The van der Waals surface area contributed by atoms with E-state index >= 15 is 0 Å². The van der Waals surface area contributed by atoms with Crippen LogP contribution in [0.2, 0.25) is 0 Å². The minimum Gasteiger partial charge on any atom is -0.394 e. The molecule has 1 aliphatic carbocycles. The molecule has 0 radical (unpaired) electrons. The Morgan fingerprint density at radius 2 is 1.79 bits per heavy atom. The second-order valence-corrected chi connectivity index (χ2v) is 8.81. The quantitative estimate of drug-likeness (QED) is 0.268. The lowest BCUT2D eigenvalue weighted by Crippen LogP contribution is -2.47. The lowest BCUT2D eigenvalue weighted by Gasteiger charge is -2.40. The van der Waals surface area contributed by atoms with Crippen molar-refractivity contribution >= 4 is 0 Å². The molecule has 0 aromatic carbocycles. The van der Waals surface area contributed by atoms with E-state index in [4.69, 9.17) is 9.84 Å². The predicted octanol–water partition coefficient (Wildman–Crippen LogP) is 1.94. The van der Waals surface area contributed by atoms with E-state index in [0.29, 0.717) is 12.5 Å². The summed E-state index contributed by atoms with van der Waals surface area (Å²) in [6.45, 7) is 10.8. The number of aliphatic hydroxyl groups excluding tert-OH is 5. The molecule has 0 saturated carbocycles. The van der Waals surface area contributed by atoms with Crippen molar-refractivity contribution in [1.82, 2.24) is 0 Å². The van der Waals surface area contributed by atoms with Crippen LogP contribution in [-0.4, -0.2) is 69.8 Å². The number of hydrogen-bond acceptors (Lipinski definition) is 6. The molecule has 0 fully saturated rings. The fourth-order valence-electron chi connectivity index (χ4n) is 3.80. The van der Waals surface area contributed by atoms with Gasteiger partial charge in [0.1, 0.15) is 24.4 Å². The Kier molecular flexibility index (Phi) is 10.3. The van der Waals surface area contributed by atoms with Crippen molar-refractivity contribution in [3.63, 3.8) is 0 Å². The molecule has 0 saturated heterocycles. The van der Waals surface area contributed by atoms with Gasteiger partial charge in [0.05, 0.1) is 19.8 Å². The molecule has 6 heteroatoms. The summed E-state index contributed by atoms with van der Waals surface area (Å²) in [6.07, 6.45) is 0.339. The maximum absolute atomic E-state index is 9.83. The summed E-state index contributed by atoms with van der Waals surface area (Å²) in [7, 11) is 0. The molecule has 0 bridgehead atoms. The van der Waals surface area contributed by atoms with E-state index in [1.165, 1.54) is 24.0 Å². The zero-order valence-electron chi connectivity index (χ0n) is 18.1. The molecule has 1 aliphatic rings. The van der Waals surface area contributed by atoms with E-state index in [-0.39, 0.29) is 12.0 Å². The maximum Gasteiger partial charge on any atom is 0.111 e. The van der Waals surface area contributed by atoms with Crippen molar-refractivity contribution in [3.8, 4) is 0 Å². The fraction of sp³-hybridized carbons (Fsp3) is 0.818. The van der Waals surface area contributed by atoms with Crippen LogP contribution in [0.1, 0.15) is 60.3 Å². The monoisotopic (exact) mass is 400 g/mol. The van der Waals surface area contributed by atoms with Crippen LogP contribution < -0.4 is 0 Å². The average Bonchev–Trinajstić information content (AvgIpc) is 2.66. The second-order valence-electron chi connectivity index (χ2n) is 8.81. The first-order valence-electron chi connectivity index (χ1n) is 10.3. The minimum atomic E-state index is -1.63. The zero-order chi connectivity index (χ0) is 21.5. The van der Waals surface area contributed by atoms with Crippen molar-refractivity contribution in [1.29, 1.82) is 0 Å². The highest BCUT2D eigenvalue weighted by Crippen LogP contribution is 2.46. The van der Waals surface area contributed by atoms with Gasteiger partial charge in [0.25, 0.3) is 0 Å². The molecule has 5 N–H and O–H groups in total. The number of hydrogen-bond donors (Lipinski definition) is 5. The topological polar surface area (TPSA) is 110 Å². The Hall–Kier alpha value is -0.760. The summed E-state index contributed by atoms with van der Waals surface area (Å²) in [5.41, 5.74) is 4.53. The smallest absolute Gasteiger partial charge is 0.111 e. The first-order chi connectivity index (χ1) is 13.0. The molecule has 0 amide bonds. The van der Waals surface area contributed by atoms with Gasteiger partial charge in [0.2, 0.25) is 0 Å². The molecule has 5 atom stereocenters. The number of aliphatic hydroxyl groups is 5. The molecule has 0 heterocycles. The van der Waals surface area contributed by atoms with Gasteiger partial charge in [-0.2, -0.15) is 0 Å². The normalized spacial score (nSPS) is 24.8. The standard InChI is InChI=1S/C22H40O6/c1-14(6-9-17-15(2)7-8-16(3)22(17,4)5)10-11-28-13-19(25)21(27)20(26)18(24)12-23/h10,16,18-21,23-27H,6-9,11-13H2,1-5H3/b14-10-/t16?,18-,19-,20-,21-/m1/s1. The molecule has 28 heavy (non-hydrogen) atoms. The van der Waals surface area contributed by atoms with Gasteiger partial charge < -0.3 is 30.3 Å². The van der Waals surface area contributed by atoms with E-state index in [1.807, 2.05) is 6.08 Å². The van der Waals surface area contributed by atoms with E-state index < -0.39 is 31.0 Å². The van der Waals surface area contributed by atoms with E-state index in [1.54, 1.807) is 5.57 Å².